The number of aromatic nitrogens is 2. The van der Waals surface area contributed by atoms with Gasteiger partial charge in [0.05, 0.1) is 6.54 Å². The predicted octanol–water partition coefficient (Wildman–Crippen LogP) is 2.04. The summed E-state index contributed by atoms with van der Waals surface area (Å²) in [6.45, 7) is 4.12. The summed E-state index contributed by atoms with van der Waals surface area (Å²) in [6.07, 6.45) is 1.65. The zero-order chi connectivity index (χ0) is 15.9. The fourth-order valence-corrected chi connectivity index (χ4v) is 3.35. The first-order valence-electron chi connectivity index (χ1n) is 7.09. The predicted molar refractivity (Wildman–Crippen MR) is 85.8 cm³/mol. The quantitative estimate of drug-likeness (QED) is 0.794. The zero-order valence-corrected chi connectivity index (χ0v) is 14.2. The molecule has 2 rings (SSSR count). The summed E-state index contributed by atoms with van der Waals surface area (Å²) < 4.78 is 17.3. The van der Waals surface area contributed by atoms with E-state index in [1.165, 1.54) is 0 Å². The number of hydrogen-bond acceptors (Lipinski definition) is 6. The van der Waals surface area contributed by atoms with Gasteiger partial charge in [0.2, 0.25) is 11.8 Å². The van der Waals surface area contributed by atoms with Gasteiger partial charge in [-0.2, -0.15) is 4.98 Å². The average molecular weight is 341 g/mol. The number of amides is 1. The highest BCUT2D eigenvalue weighted by Crippen LogP contribution is 2.09. The molecule has 0 aliphatic heterocycles. The summed E-state index contributed by atoms with van der Waals surface area (Å²) in [4.78, 5) is 17.2. The van der Waals surface area contributed by atoms with Crippen molar-refractivity contribution in [3.05, 3.63) is 34.1 Å². The molecule has 2 aromatic heterocycles. The Bertz CT molecular complexity index is 625. The van der Waals surface area contributed by atoms with Crippen molar-refractivity contribution in [3.8, 4) is 0 Å². The molecule has 22 heavy (non-hydrogen) atoms. The number of hydrogen-bond donors (Lipinski definition) is 1. The third-order valence-corrected chi connectivity index (χ3v) is 5.44. The molecule has 2 aromatic rings. The van der Waals surface area contributed by atoms with E-state index in [0.29, 0.717) is 18.3 Å². The van der Waals surface area contributed by atoms with Crippen LogP contribution >= 0.6 is 11.3 Å². The Balaban J connectivity index is 1.83. The second-order valence-corrected chi connectivity index (χ2v) is 7.61. The summed E-state index contributed by atoms with van der Waals surface area (Å²) in [6, 6.07) is 3.87. The van der Waals surface area contributed by atoms with Crippen molar-refractivity contribution in [3.63, 3.8) is 0 Å². The first-order valence-corrected chi connectivity index (χ1v) is 9.35. The first-order chi connectivity index (χ1) is 10.6. The standard InChI is InChI=1S/C14H19N3O3S2/c1-3-5-12-16-13(20-17-12)9-22(19)10(2)14(18)15-8-11-6-4-7-21-11/h4,6-7,10H,3,5,8-9H2,1-2H3,(H,15,18)/t10-,22+/m1/s1. The van der Waals surface area contributed by atoms with Crippen LogP contribution < -0.4 is 5.32 Å². The van der Waals surface area contributed by atoms with Crippen LogP contribution in [0, 0.1) is 0 Å². The monoisotopic (exact) mass is 341 g/mol. The van der Waals surface area contributed by atoms with Gasteiger partial charge in [0.15, 0.2) is 5.82 Å². The molecule has 0 saturated heterocycles. The molecule has 6 nitrogen and oxygen atoms in total. The Morgan fingerprint density at radius 3 is 3.05 bits per heavy atom. The van der Waals surface area contributed by atoms with Gasteiger partial charge in [-0.05, 0) is 24.8 Å². The SMILES string of the molecule is CCCc1noc(C[S@](=O)[C@H](C)C(=O)NCc2cccs2)n1. The molecule has 2 heterocycles. The number of thiophene rings is 1. The van der Waals surface area contributed by atoms with Gasteiger partial charge in [0.1, 0.15) is 11.0 Å². The minimum Gasteiger partial charge on any atom is -0.350 e. The normalized spacial score (nSPS) is 13.7. The third kappa shape index (κ3) is 4.74. The van der Waals surface area contributed by atoms with E-state index in [-0.39, 0.29) is 11.7 Å². The molecule has 0 bridgehead atoms. The highest BCUT2D eigenvalue weighted by atomic mass is 32.2. The van der Waals surface area contributed by atoms with Crippen LogP contribution in [0.25, 0.3) is 0 Å². The van der Waals surface area contributed by atoms with Gasteiger partial charge in [-0.15, -0.1) is 11.3 Å². The molecular formula is C14H19N3O3S2. The van der Waals surface area contributed by atoms with Gasteiger partial charge in [-0.3, -0.25) is 9.00 Å². The Hall–Kier alpha value is -1.54. The highest BCUT2D eigenvalue weighted by Gasteiger charge is 2.22. The van der Waals surface area contributed by atoms with E-state index in [1.807, 2.05) is 24.4 Å². The summed E-state index contributed by atoms with van der Waals surface area (Å²) >= 11 is 1.57. The van der Waals surface area contributed by atoms with Crippen LogP contribution in [0.4, 0.5) is 0 Å². The van der Waals surface area contributed by atoms with Crippen LogP contribution in [0.2, 0.25) is 0 Å². The third-order valence-electron chi connectivity index (χ3n) is 3.03. The molecule has 2 atom stereocenters. The first kappa shape index (κ1) is 16.8. The molecule has 0 aliphatic rings. The van der Waals surface area contributed by atoms with Crippen molar-refractivity contribution >= 4 is 28.0 Å². The molecule has 8 heteroatoms. The zero-order valence-electron chi connectivity index (χ0n) is 12.6. The lowest BCUT2D eigenvalue weighted by atomic mass is 10.3. The Morgan fingerprint density at radius 1 is 1.55 bits per heavy atom. The summed E-state index contributed by atoms with van der Waals surface area (Å²) in [5.41, 5.74) is 0. The number of carbonyl (C=O) groups excluding carboxylic acids is 1. The number of rotatable bonds is 8. The lowest BCUT2D eigenvalue weighted by Gasteiger charge is -2.10. The molecule has 120 valence electrons. The van der Waals surface area contributed by atoms with Crippen LogP contribution in [0.1, 0.15) is 36.9 Å². The molecule has 1 amide bonds. The second-order valence-electron chi connectivity index (χ2n) is 4.82. The van der Waals surface area contributed by atoms with Gasteiger partial charge in [0.25, 0.3) is 0 Å². The summed E-state index contributed by atoms with van der Waals surface area (Å²) in [7, 11) is -1.39. The lowest BCUT2D eigenvalue weighted by molar-refractivity contribution is -0.120. The molecule has 0 aliphatic carbocycles. The van der Waals surface area contributed by atoms with E-state index in [2.05, 4.69) is 15.5 Å². The molecule has 0 aromatic carbocycles. The van der Waals surface area contributed by atoms with E-state index >= 15 is 0 Å². The molecule has 0 radical (unpaired) electrons. The maximum atomic E-state index is 12.2. The van der Waals surface area contributed by atoms with Gasteiger partial charge in [0, 0.05) is 22.1 Å². The number of nitrogens with one attached hydrogen (secondary N) is 1. The van der Waals surface area contributed by atoms with Crippen LogP contribution in [0.3, 0.4) is 0 Å². The van der Waals surface area contributed by atoms with E-state index in [0.717, 1.165) is 17.7 Å². The van der Waals surface area contributed by atoms with Crippen molar-refractivity contribution < 1.29 is 13.5 Å². The molecule has 0 unspecified atom stereocenters. The topological polar surface area (TPSA) is 85.1 Å². The molecular weight excluding hydrogens is 322 g/mol. The molecule has 0 spiro atoms. The summed E-state index contributed by atoms with van der Waals surface area (Å²) in [5, 5.41) is 7.93. The van der Waals surface area contributed by atoms with Crippen LogP contribution in [-0.4, -0.2) is 25.5 Å². The van der Waals surface area contributed by atoms with Crippen LogP contribution in [0.5, 0.6) is 0 Å². The van der Waals surface area contributed by atoms with Gasteiger partial charge in [-0.25, -0.2) is 0 Å². The van der Waals surface area contributed by atoms with E-state index in [9.17, 15) is 9.00 Å². The molecule has 1 N–H and O–H groups in total. The van der Waals surface area contributed by atoms with Crippen molar-refractivity contribution in [2.75, 3.05) is 0 Å². The molecule has 0 fully saturated rings. The fraction of sp³-hybridized carbons (Fsp3) is 0.500. The van der Waals surface area contributed by atoms with E-state index in [1.54, 1.807) is 18.3 Å². The maximum Gasteiger partial charge on any atom is 0.239 e. The minimum atomic E-state index is -1.39. The average Bonchev–Trinajstić information content (AvgIpc) is 3.16. The number of carbonyl (C=O) groups is 1. The smallest absolute Gasteiger partial charge is 0.239 e. The minimum absolute atomic E-state index is 0.101. The second kappa shape index (κ2) is 8.19. The van der Waals surface area contributed by atoms with E-state index in [4.69, 9.17) is 4.52 Å². The summed E-state index contributed by atoms with van der Waals surface area (Å²) in [5.74, 6) is 0.800. The number of aryl methyl sites for hydroxylation is 1. The highest BCUT2D eigenvalue weighted by molar-refractivity contribution is 7.85. The lowest BCUT2D eigenvalue weighted by Crippen LogP contribution is -2.35. The fourth-order valence-electron chi connectivity index (χ4n) is 1.77. The van der Waals surface area contributed by atoms with Crippen molar-refractivity contribution in [2.45, 2.75) is 44.2 Å². The largest absolute Gasteiger partial charge is 0.350 e. The van der Waals surface area contributed by atoms with Gasteiger partial charge in [-0.1, -0.05) is 18.1 Å². The Labute approximate surface area is 135 Å². The van der Waals surface area contributed by atoms with Crippen molar-refractivity contribution in [2.24, 2.45) is 0 Å². The van der Waals surface area contributed by atoms with Crippen LogP contribution in [0.15, 0.2) is 22.0 Å². The van der Waals surface area contributed by atoms with Gasteiger partial charge >= 0.3 is 0 Å². The van der Waals surface area contributed by atoms with E-state index < -0.39 is 16.0 Å². The number of nitrogens with zero attached hydrogens (tertiary/aromatic N) is 2. The molecule has 0 saturated carbocycles. The van der Waals surface area contributed by atoms with Gasteiger partial charge < -0.3 is 9.84 Å². The van der Waals surface area contributed by atoms with Crippen molar-refractivity contribution in [1.82, 2.24) is 15.5 Å². The van der Waals surface area contributed by atoms with Crippen molar-refractivity contribution in [1.29, 1.82) is 0 Å². The maximum absolute atomic E-state index is 12.2. The Kier molecular flexibility index (Phi) is 6.26. The van der Waals surface area contributed by atoms with Crippen LogP contribution in [-0.2, 0) is 34.3 Å². The Morgan fingerprint density at radius 2 is 2.36 bits per heavy atom.